The number of nitrogens with two attached hydrogens (primary N) is 1. The molecule has 9 nitrogen and oxygen atoms in total. The van der Waals surface area contributed by atoms with Crippen molar-refractivity contribution >= 4 is 33.7 Å². The van der Waals surface area contributed by atoms with Gasteiger partial charge in [-0.25, -0.2) is 14.4 Å². The molecule has 1 aliphatic carbocycles. The maximum absolute atomic E-state index is 15.0. The molecule has 2 atom stereocenters. The number of fused-ring (bicyclic) bond motifs is 2. The number of hydrogen-bond donors (Lipinski definition) is 1. The van der Waals surface area contributed by atoms with Crippen molar-refractivity contribution in [2.24, 2.45) is 0 Å². The number of hydrogen-bond acceptors (Lipinski definition) is 6. The maximum Gasteiger partial charge on any atom is 0.246 e. The number of halogens is 1. The number of pyridine rings is 1. The molecule has 1 amide bonds. The summed E-state index contributed by atoms with van der Waals surface area (Å²) in [4.78, 5) is 22.9. The fourth-order valence-corrected chi connectivity index (χ4v) is 5.20. The second kappa shape index (κ2) is 9.01. The maximum atomic E-state index is 15.0. The number of ether oxygens (including phenoxy) is 1. The van der Waals surface area contributed by atoms with Crippen molar-refractivity contribution in [1.29, 1.82) is 0 Å². The summed E-state index contributed by atoms with van der Waals surface area (Å²) in [5.74, 6) is 5.68. The predicted molar refractivity (Wildman–Crippen MR) is 137 cm³/mol. The number of aromatic nitrogens is 5. The smallest absolute Gasteiger partial charge is 0.246 e. The molecule has 3 aromatic heterocycles. The third-order valence-electron chi connectivity index (χ3n) is 7.12. The van der Waals surface area contributed by atoms with Gasteiger partial charge in [0.15, 0.2) is 0 Å². The minimum Gasteiger partial charge on any atom is -0.383 e. The van der Waals surface area contributed by atoms with E-state index in [9.17, 15) is 4.79 Å². The topological polar surface area (TPSA) is 104 Å². The Morgan fingerprint density at radius 3 is 2.86 bits per heavy atom. The van der Waals surface area contributed by atoms with E-state index in [4.69, 9.17) is 15.6 Å². The quantitative estimate of drug-likeness (QED) is 0.334. The van der Waals surface area contributed by atoms with Gasteiger partial charge in [-0.1, -0.05) is 12.5 Å². The van der Waals surface area contributed by atoms with E-state index in [0.29, 0.717) is 42.2 Å². The summed E-state index contributed by atoms with van der Waals surface area (Å²) in [5.41, 5.74) is 9.11. The second-order valence-corrected chi connectivity index (χ2v) is 9.53. The van der Waals surface area contributed by atoms with Gasteiger partial charge < -0.3 is 19.9 Å². The molecule has 1 unspecified atom stereocenters. The molecule has 2 aliphatic rings. The molecule has 4 aromatic rings. The third-order valence-corrected chi connectivity index (χ3v) is 7.12. The van der Waals surface area contributed by atoms with Crippen molar-refractivity contribution in [1.82, 2.24) is 29.2 Å². The molecule has 188 valence electrons. The van der Waals surface area contributed by atoms with Crippen LogP contribution in [0.1, 0.15) is 42.6 Å². The fourth-order valence-electron chi connectivity index (χ4n) is 5.20. The number of carbonyl (C=O) groups excluding carboxylic acids is 1. The molecule has 1 aromatic carbocycles. The van der Waals surface area contributed by atoms with Crippen LogP contribution in [0.4, 0.5) is 10.2 Å². The highest BCUT2D eigenvalue weighted by atomic mass is 19.1. The van der Waals surface area contributed by atoms with Crippen molar-refractivity contribution < 1.29 is 13.9 Å². The molecule has 1 aliphatic heterocycles. The first kappa shape index (κ1) is 23.2. The number of amides is 1. The van der Waals surface area contributed by atoms with E-state index < -0.39 is 5.82 Å². The summed E-state index contributed by atoms with van der Waals surface area (Å²) < 4.78 is 24.2. The summed E-state index contributed by atoms with van der Waals surface area (Å²) in [7, 11) is 1.61. The first-order chi connectivity index (χ1) is 18.0. The van der Waals surface area contributed by atoms with Gasteiger partial charge in [-0.15, -0.1) is 0 Å². The Morgan fingerprint density at radius 1 is 1.27 bits per heavy atom. The van der Waals surface area contributed by atoms with Crippen molar-refractivity contribution in [3.63, 3.8) is 0 Å². The monoisotopic (exact) mass is 499 g/mol. The van der Waals surface area contributed by atoms with Crippen LogP contribution >= 0.6 is 0 Å². The highest BCUT2D eigenvalue weighted by molar-refractivity contribution is 5.93. The number of imidazole rings is 1. The molecule has 2 N–H and O–H groups in total. The first-order valence-corrected chi connectivity index (χ1v) is 12.2. The average molecular weight is 500 g/mol. The molecule has 0 bridgehead atoms. The summed E-state index contributed by atoms with van der Waals surface area (Å²) in [6, 6.07) is 5.17. The highest BCUT2D eigenvalue weighted by Gasteiger charge is 2.36. The molecule has 1 saturated heterocycles. The lowest BCUT2D eigenvalue weighted by Gasteiger charge is -2.22. The summed E-state index contributed by atoms with van der Waals surface area (Å²) >= 11 is 0. The van der Waals surface area contributed by atoms with Crippen LogP contribution in [0.3, 0.4) is 0 Å². The molecular weight excluding hydrogens is 473 g/mol. The Bertz CT molecular complexity index is 1610. The minimum atomic E-state index is -0.408. The van der Waals surface area contributed by atoms with Crippen LogP contribution in [-0.4, -0.2) is 61.4 Å². The molecular formula is C27H26FN7O2. The van der Waals surface area contributed by atoms with E-state index in [2.05, 4.69) is 28.4 Å². The first-order valence-electron chi connectivity index (χ1n) is 12.2. The van der Waals surface area contributed by atoms with Gasteiger partial charge in [-0.05, 0) is 43.4 Å². The van der Waals surface area contributed by atoms with E-state index in [-0.39, 0.29) is 29.4 Å². The molecule has 1 saturated carbocycles. The lowest BCUT2D eigenvalue weighted by Crippen LogP contribution is -2.37. The summed E-state index contributed by atoms with van der Waals surface area (Å²) in [5, 5.41) is 5.37. The predicted octanol–water partition coefficient (Wildman–Crippen LogP) is 3.21. The van der Waals surface area contributed by atoms with Crippen LogP contribution < -0.4 is 5.73 Å². The van der Waals surface area contributed by atoms with E-state index in [1.165, 1.54) is 12.1 Å². The highest BCUT2D eigenvalue weighted by Crippen LogP contribution is 2.37. The Balaban J connectivity index is 1.39. The van der Waals surface area contributed by atoms with Crippen LogP contribution in [0.15, 0.2) is 43.4 Å². The van der Waals surface area contributed by atoms with Gasteiger partial charge in [0, 0.05) is 32.0 Å². The van der Waals surface area contributed by atoms with E-state index in [1.54, 1.807) is 30.6 Å². The number of benzene rings is 1. The number of carbonyl (C=O) groups is 1. The van der Waals surface area contributed by atoms with Gasteiger partial charge in [0.05, 0.1) is 52.5 Å². The third kappa shape index (κ3) is 4.01. The van der Waals surface area contributed by atoms with Gasteiger partial charge in [-0.3, -0.25) is 9.48 Å². The average Bonchev–Trinajstić information content (AvgIpc) is 3.35. The van der Waals surface area contributed by atoms with Gasteiger partial charge in [0.25, 0.3) is 0 Å². The Labute approximate surface area is 212 Å². The number of rotatable bonds is 5. The fraction of sp³-hybridized carbons (Fsp3) is 0.333. The van der Waals surface area contributed by atoms with E-state index >= 15 is 4.39 Å². The molecule has 2 fully saturated rings. The molecule has 0 radical (unpaired) electrons. The van der Waals surface area contributed by atoms with Gasteiger partial charge in [0.1, 0.15) is 17.3 Å². The Morgan fingerprint density at radius 2 is 2.11 bits per heavy atom. The van der Waals surface area contributed by atoms with Crippen LogP contribution in [0.5, 0.6) is 0 Å². The molecule has 37 heavy (non-hydrogen) atoms. The Hall–Kier alpha value is -4.23. The lowest BCUT2D eigenvalue weighted by molar-refractivity contribution is -0.127. The van der Waals surface area contributed by atoms with Crippen LogP contribution in [-0.2, 0) is 9.53 Å². The second-order valence-electron chi connectivity index (χ2n) is 9.53. The van der Waals surface area contributed by atoms with E-state index in [0.717, 1.165) is 23.9 Å². The van der Waals surface area contributed by atoms with Crippen molar-refractivity contribution in [3.05, 3.63) is 60.5 Å². The molecule has 10 heteroatoms. The SMILES string of the molecule is C=CC(=O)N1CC(n2nc(C#Cc3cc4ncn(C5CC5)c4cc3F)c3c(N)nccc32)C[C@@H]1COC. The normalized spacial score (nSPS) is 19.4. The van der Waals surface area contributed by atoms with Crippen molar-refractivity contribution in [2.75, 3.05) is 26.0 Å². The summed E-state index contributed by atoms with van der Waals surface area (Å²) in [6.07, 6.45) is 7.52. The van der Waals surface area contributed by atoms with Crippen LogP contribution in [0, 0.1) is 17.7 Å². The minimum absolute atomic E-state index is 0.107. The molecule has 0 spiro atoms. The Kier molecular flexibility index (Phi) is 5.65. The van der Waals surface area contributed by atoms with E-state index in [1.807, 2.05) is 15.3 Å². The van der Waals surface area contributed by atoms with Crippen LogP contribution in [0.25, 0.3) is 21.9 Å². The zero-order valence-electron chi connectivity index (χ0n) is 20.4. The van der Waals surface area contributed by atoms with Crippen molar-refractivity contribution in [2.45, 2.75) is 37.4 Å². The van der Waals surface area contributed by atoms with Gasteiger partial charge in [0.2, 0.25) is 5.91 Å². The van der Waals surface area contributed by atoms with Crippen LogP contribution in [0.2, 0.25) is 0 Å². The number of methoxy groups -OCH3 is 1. The number of anilines is 1. The number of likely N-dealkylation sites (tertiary alicyclic amines) is 1. The lowest BCUT2D eigenvalue weighted by atomic mass is 10.1. The molecule has 4 heterocycles. The summed E-state index contributed by atoms with van der Waals surface area (Å²) in [6.45, 7) is 4.47. The zero-order chi connectivity index (χ0) is 25.7. The standard InChI is InChI=1S/C27H26FN7O2/c1-3-25(36)33-13-18(11-19(33)14-37-2)35-23-8-9-30-27(29)26(23)21(32-35)7-4-16-10-22-24(12-20(16)28)34(15-31-22)17-5-6-17/h3,8-10,12,15,17-19H,1,5-6,11,13-14H2,2H3,(H2,29,30)/t18?,19-/m1/s1. The van der Waals surface area contributed by atoms with Gasteiger partial charge in [-0.2, -0.15) is 5.10 Å². The van der Waals surface area contributed by atoms with Gasteiger partial charge >= 0.3 is 0 Å². The van der Waals surface area contributed by atoms with Crippen molar-refractivity contribution in [3.8, 4) is 11.8 Å². The number of nitrogens with zero attached hydrogens (tertiary/aromatic N) is 6. The molecule has 6 rings (SSSR count). The largest absolute Gasteiger partial charge is 0.383 e. The number of nitrogen functional groups attached to an aromatic ring is 1. The zero-order valence-corrected chi connectivity index (χ0v) is 20.4.